The van der Waals surface area contributed by atoms with Crippen molar-refractivity contribution in [3.8, 4) is 11.5 Å². The summed E-state index contributed by atoms with van der Waals surface area (Å²) in [5, 5.41) is 0. The molecule has 4 nitrogen and oxygen atoms in total. The number of nitrogen functional groups attached to an aromatic ring is 1. The van der Waals surface area contributed by atoms with Crippen LogP contribution in [0.15, 0.2) is 41.1 Å². The maximum absolute atomic E-state index is 5.87. The summed E-state index contributed by atoms with van der Waals surface area (Å²) in [5.74, 6) is 0.581. The van der Waals surface area contributed by atoms with E-state index in [2.05, 4.69) is 9.97 Å². The zero-order chi connectivity index (χ0) is 11.8. The molecule has 0 atom stereocenters. The van der Waals surface area contributed by atoms with Gasteiger partial charge in [-0.1, -0.05) is 6.07 Å². The van der Waals surface area contributed by atoms with Crippen LogP contribution < -0.4 is 5.73 Å². The van der Waals surface area contributed by atoms with E-state index in [0.29, 0.717) is 5.89 Å². The average Bonchev–Trinajstić information content (AvgIpc) is 2.76. The molecule has 1 aromatic carbocycles. The van der Waals surface area contributed by atoms with Crippen molar-refractivity contribution >= 4 is 16.8 Å². The number of pyridine rings is 1. The quantitative estimate of drug-likeness (QED) is 0.647. The molecule has 0 unspecified atom stereocenters. The van der Waals surface area contributed by atoms with E-state index in [1.54, 1.807) is 18.5 Å². The highest BCUT2D eigenvalue weighted by Gasteiger charge is 2.11. The number of oxazole rings is 1. The van der Waals surface area contributed by atoms with Gasteiger partial charge in [0.05, 0.1) is 6.20 Å². The van der Waals surface area contributed by atoms with Crippen molar-refractivity contribution in [2.75, 3.05) is 5.73 Å². The van der Waals surface area contributed by atoms with Crippen molar-refractivity contribution < 1.29 is 4.42 Å². The highest BCUT2D eigenvalue weighted by molar-refractivity contribution is 5.77. The summed E-state index contributed by atoms with van der Waals surface area (Å²) < 4.78 is 5.68. The summed E-state index contributed by atoms with van der Waals surface area (Å²) in [6, 6.07) is 7.51. The minimum absolute atomic E-state index is 0.581. The Hall–Kier alpha value is -2.36. The summed E-state index contributed by atoms with van der Waals surface area (Å²) in [7, 11) is 0. The molecular weight excluding hydrogens is 214 g/mol. The molecule has 0 bridgehead atoms. The second-order valence-corrected chi connectivity index (χ2v) is 3.88. The molecule has 0 spiro atoms. The van der Waals surface area contributed by atoms with Crippen LogP contribution in [0.1, 0.15) is 5.56 Å². The minimum atomic E-state index is 0.581. The number of anilines is 1. The highest BCUT2D eigenvalue weighted by Crippen LogP contribution is 2.28. The van der Waals surface area contributed by atoms with Crippen LogP contribution in [0.4, 0.5) is 5.69 Å². The van der Waals surface area contributed by atoms with Crippen LogP contribution in [-0.4, -0.2) is 9.97 Å². The monoisotopic (exact) mass is 225 g/mol. The smallest absolute Gasteiger partial charge is 0.227 e. The fourth-order valence-corrected chi connectivity index (χ4v) is 1.78. The van der Waals surface area contributed by atoms with Crippen LogP contribution >= 0.6 is 0 Å². The minimum Gasteiger partial charge on any atom is -0.436 e. The zero-order valence-corrected chi connectivity index (χ0v) is 9.34. The lowest BCUT2D eigenvalue weighted by Crippen LogP contribution is -1.91. The first-order valence-corrected chi connectivity index (χ1v) is 5.32. The Labute approximate surface area is 98.1 Å². The lowest BCUT2D eigenvalue weighted by molar-refractivity contribution is 0.619. The van der Waals surface area contributed by atoms with Crippen LogP contribution in [0.5, 0.6) is 0 Å². The first-order valence-electron chi connectivity index (χ1n) is 5.32. The maximum atomic E-state index is 5.87. The molecule has 3 aromatic rings. The van der Waals surface area contributed by atoms with E-state index < -0.39 is 0 Å². The fourth-order valence-electron chi connectivity index (χ4n) is 1.78. The van der Waals surface area contributed by atoms with E-state index in [0.717, 1.165) is 27.9 Å². The van der Waals surface area contributed by atoms with Gasteiger partial charge < -0.3 is 10.2 Å². The van der Waals surface area contributed by atoms with Crippen LogP contribution in [0.2, 0.25) is 0 Å². The van der Waals surface area contributed by atoms with Gasteiger partial charge in [-0.05, 0) is 24.6 Å². The molecule has 0 saturated carbocycles. The van der Waals surface area contributed by atoms with Gasteiger partial charge in [0.25, 0.3) is 0 Å². The Balaban J connectivity index is 2.24. The Morgan fingerprint density at radius 3 is 2.94 bits per heavy atom. The second-order valence-electron chi connectivity index (χ2n) is 3.88. The number of aromatic nitrogens is 2. The molecule has 4 heteroatoms. The number of benzene rings is 1. The Morgan fingerprint density at radius 2 is 2.12 bits per heavy atom. The molecule has 2 N–H and O–H groups in total. The molecule has 2 heterocycles. The van der Waals surface area contributed by atoms with Crippen molar-refractivity contribution in [3.63, 3.8) is 0 Å². The lowest BCUT2D eigenvalue weighted by atomic mass is 10.1. The predicted molar refractivity (Wildman–Crippen MR) is 66.4 cm³/mol. The third-order valence-corrected chi connectivity index (χ3v) is 2.80. The molecule has 0 aliphatic carbocycles. The van der Waals surface area contributed by atoms with E-state index in [4.69, 9.17) is 10.2 Å². The van der Waals surface area contributed by atoms with Gasteiger partial charge in [0.15, 0.2) is 5.58 Å². The normalized spacial score (nSPS) is 10.9. The van der Waals surface area contributed by atoms with E-state index in [1.807, 2.05) is 25.1 Å². The van der Waals surface area contributed by atoms with Crippen molar-refractivity contribution in [1.29, 1.82) is 0 Å². The predicted octanol–water partition coefficient (Wildman–Crippen LogP) is 2.78. The first kappa shape index (κ1) is 9.84. The Bertz CT molecular complexity index is 655. The van der Waals surface area contributed by atoms with Gasteiger partial charge in [0.2, 0.25) is 5.89 Å². The van der Waals surface area contributed by atoms with E-state index in [9.17, 15) is 0 Å². The topological polar surface area (TPSA) is 64.9 Å². The zero-order valence-electron chi connectivity index (χ0n) is 9.34. The summed E-state index contributed by atoms with van der Waals surface area (Å²) in [4.78, 5) is 8.41. The van der Waals surface area contributed by atoms with Gasteiger partial charge in [0.1, 0.15) is 5.52 Å². The summed E-state index contributed by atoms with van der Waals surface area (Å²) in [5.41, 5.74) is 9.99. The standard InChI is InChI=1S/C13H11N3O/c1-8-9(3-2-4-10(8)14)13-16-11-7-15-6-5-12(11)17-13/h2-7H,14H2,1H3. The summed E-state index contributed by atoms with van der Waals surface area (Å²) in [6.07, 6.45) is 3.37. The molecule has 17 heavy (non-hydrogen) atoms. The number of hydrogen-bond donors (Lipinski definition) is 1. The Kier molecular flexibility index (Phi) is 2.08. The third-order valence-electron chi connectivity index (χ3n) is 2.80. The average molecular weight is 225 g/mol. The molecule has 0 amide bonds. The van der Waals surface area contributed by atoms with Gasteiger partial charge in [-0.15, -0.1) is 0 Å². The second kappa shape index (κ2) is 3.59. The van der Waals surface area contributed by atoms with Crippen molar-refractivity contribution in [2.24, 2.45) is 0 Å². The Morgan fingerprint density at radius 1 is 1.24 bits per heavy atom. The number of rotatable bonds is 1. The summed E-state index contributed by atoms with van der Waals surface area (Å²) >= 11 is 0. The molecule has 0 aliphatic rings. The molecule has 84 valence electrons. The van der Waals surface area contributed by atoms with Gasteiger partial charge in [-0.3, -0.25) is 4.98 Å². The van der Waals surface area contributed by atoms with Crippen molar-refractivity contribution in [3.05, 3.63) is 42.2 Å². The number of nitrogens with two attached hydrogens (primary N) is 1. The van der Waals surface area contributed by atoms with E-state index >= 15 is 0 Å². The molecular formula is C13H11N3O. The maximum Gasteiger partial charge on any atom is 0.227 e. The van der Waals surface area contributed by atoms with Crippen LogP contribution in [0, 0.1) is 6.92 Å². The number of nitrogens with zero attached hydrogens (tertiary/aromatic N) is 2. The van der Waals surface area contributed by atoms with Crippen LogP contribution in [0.25, 0.3) is 22.6 Å². The van der Waals surface area contributed by atoms with E-state index in [1.165, 1.54) is 0 Å². The molecule has 0 saturated heterocycles. The van der Waals surface area contributed by atoms with Gasteiger partial charge in [0, 0.05) is 23.5 Å². The summed E-state index contributed by atoms with van der Waals surface area (Å²) in [6.45, 7) is 1.96. The molecule has 0 aliphatic heterocycles. The highest BCUT2D eigenvalue weighted by atomic mass is 16.3. The van der Waals surface area contributed by atoms with Crippen LogP contribution in [0.3, 0.4) is 0 Å². The number of fused-ring (bicyclic) bond motifs is 1. The molecule has 0 radical (unpaired) electrons. The van der Waals surface area contributed by atoms with Gasteiger partial charge in [-0.2, -0.15) is 0 Å². The van der Waals surface area contributed by atoms with Crippen LogP contribution in [-0.2, 0) is 0 Å². The van der Waals surface area contributed by atoms with Crippen molar-refractivity contribution in [2.45, 2.75) is 6.92 Å². The SMILES string of the molecule is Cc1c(N)cccc1-c1nc2cnccc2o1. The van der Waals surface area contributed by atoms with E-state index in [-0.39, 0.29) is 0 Å². The number of hydrogen-bond acceptors (Lipinski definition) is 4. The largest absolute Gasteiger partial charge is 0.436 e. The molecule has 0 fully saturated rings. The molecule has 3 rings (SSSR count). The van der Waals surface area contributed by atoms with Gasteiger partial charge in [-0.25, -0.2) is 4.98 Å². The third kappa shape index (κ3) is 1.54. The lowest BCUT2D eigenvalue weighted by Gasteiger charge is -2.03. The molecule has 2 aromatic heterocycles. The van der Waals surface area contributed by atoms with Gasteiger partial charge >= 0.3 is 0 Å². The fraction of sp³-hybridized carbons (Fsp3) is 0.0769. The first-order chi connectivity index (χ1) is 8.25. The van der Waals surface area contributed by atoms with Crippen molar-refractivity contribution in [1.82, 2.24) is 9.97 Å².